The summed E-state index contributed by atoms with van der Waals surface area (Å²) in [6.45, 7) is 0. The molecule has 113 valence electrons. The molecule has 3 aromatic rings. The van der Waals surface area contributed by atoms with Crippen LogP contribution in [0.2, 0.25) is 0 Å². The molecule has 0 saturated carbocycles. The van der Waals surface area contributed by atoms with E-state index in [9.17, 15) is 17.6 Å². The third-order valence-corrected chi connectivity index (χ3v) is 3.03. The number of rotatable bonds is 1. The van der Waals surface area contributed by atoms with Gasteiger partial charge >= 0.3 is 26.2 Å². The Kier molecular flexibility index (Phi) is 7.90. The molecule has 0 saturated heterocycles. The van der Waals surface area contributed by atoms with Crippen LogP contribution in [0.3, 0.4) is 0 Å². The Hall–Kier alpha value is -0.767. The molecule has 0 nitrogen and oxygen atoms in total. The van der Waals surface area contributed by atoms with Gasteiger partial charge in [0, 0.05) is 0 Å². The Labute approximate surface area is 155 Å². The van der Waals surface area contributed by atoms with Crippen LogP contribution in [0.25, 0.3) is 21.9 Å². The van der Waals surface area contributed by atoms with Crippen molar-refractivity contribution >= 4 is 10.8 Å². The zero-order chi connectivity index (χ0) is 13.6. The Balaban J connectivity index is 0.00000147. The minimum atomic E-state index is -1.79. The van der Waals surface area contributed by atoms with Crippen molar-refractivity contribution < 1.29 is 68.6 Å². The summed E-state index contributed by atoms with van der Waals surface area (Å²) in [6.07, 6.45) is 0. The normalized spacial score (nSPS) is 9.64. The first-order valence-corrected chi connectivity index (χ1v) is 5.57. The topological polar surface area (TPSA) is 0 Å². The predicted octanol–water partition coefficient (Wildman–Crippen LogP) is -1.21. The van der Waals surface area contributed by atoms with Gasteiger partial charge in [-0.3, -0.25) is 0 Å². The van der Waals surface area contributed by atoms with Crippen molar-refractivity contribution in [3.8, 4) is 11.1 Å². The Bertz CT molecular complexity index is 754. The second-order valence-electron chi connectivity index (χ2n) is 4.22. The molecule has 0 fully saturated rings. The molecule has 0 amide bonds. The van der Waals surface area contributed by atoms with Crippen LogP contribution in [0, 0.1) is 23.3 Å². The third-order valence-electron chi connectivity index (χ3n) is 3.03. The van der Waals surface area contributed by atoms with Crippen molar-refractivity contribution in [2.75, 3.05) is 0 Å². The molecule has 0 aliphatic heterocycles. The Morgan fingerprint density at radius 1 is 0.773 bits per heavy atom. The van der Waals surface area contributed by atoms with Gasteiger partial charge in [-0.15, -0.1) is 34.5 Å². The van der Waals surface area contributed by atoms with Gasteiger partial charge in [-0.05, 0) is 11.6 Å². The summed E-state index contributed by atoms with van der Waals surface area (Å²) in [6, 6.07) is 11.1. The van der Waals surface area contributed by atoms with Gasteiger partial charge in [0.2, 0.25) is 0 Å². The molecule has 0 aromatic heterocycles. The predicted molar refractivity (Wildman–Crippen MR) is 64.8 cm³/mol. The maximum atomic E-state index is 13.7. The van der Waals surface area contributed by atoms with Gasteiger partial charge in [0.05, 0.1) is 0 Å². The molecule has 0 aliphatic rings. The van der Waals surface area contributed by atoms with Crippen LogP contribution in [0.1, 0.15) is 0 Å². The van der Waals surface area contributed by atoms with E-state index >= 15 is 0 Å². The zero-order valence-electron chi connectivity index (χ0n) is 10.8. The Morgan fingerprint density at radius 2 is 1.41 bits per heavy atom. The maximum Gasteiger partial charge on any atom is 3.00 e. The molecular weight excluding hydrogens is 418 g/mol. The molecular formula is C15H7Cl2F4Zr. The van der Waals surface area contributed by atoms with E-state index in [1.165, 1.54) is 0 Å². The minimum Gasteiger partial charge on any atom is -1.00 e. The van der Waals surface area contributed by atoms with E-state index in [2.05, 4.69) is 0 Å². The van der Waals surface area contributed by atoms with E-state index in [-0.39, 0.29) is 56.6 Å². The zero-order valence-corrected chi connectivity index (χ0v) is 14.8. The maximum absolute atomic E-state index is 13.7. The van der Waals surface area contributed by atoms with Crippen molar-refractivity contribution in [3.05, 3.63) is 65.7 Å². The molecule has 0 heterocycles. The fourth-order valence-electron chi connectivity index (χ4n) is 2.09. The first-order valence-electron chi connectivity index (χ1n) is 5.57. The molecule has 1 radical (unpaired) electrons. The van der Waals surface area contributed by atoms with Gasteiger partial charge < -0.3 is 24.8 Å². The van der Waals surface area contributed by atoms with Crippen molar-refractivity contribution in [1.82, 2.24) is 0 Å². The minimum absolute atomic E-state index is 0. The van der Waals surface area contributed by atoms with Gasteiger partial charge in [-0.2, -0.15) is 0 Å². The SMILES string of the molecule is Fc1cc(-c2cc3ccccc3[cH-]2)c(F)c(F)c1F.[Cl-].[Cl-].[Zr+3]. The number of hydrogen-bond acceptors (Lipinski definition) is 0. The van der Waals surface area contributed by atoms with E-state index in [1.54, 1.807) is 36.4 Å². The van der Waals surface area contributed by atoms with E-state index in [4.69, 9.17) is 0 Å². The largest absolute Gasteiger partial charge is 3.00 e. The average molecular weight is 425 g/mol. The average Bonchev–Trinajstić information content (AvgIpc) is 2.84. The fraction of sp³-hybridized carbons (Fsp3) is 0. The summed E-state index contributed by atoms with van der Waals surface area (Å²) in [4.78, 5) is 0. The van der Waals surface area contributed by atoms with Crippen LogP contribution in [0.5, 0.6) is 0 Å². The monoisotopic (exact) mass is 423 g/mol. The van der Waals surface area contributed by atoms with Crippen LogP contribution < -0.4 is 24.8 Å². The molecule has 7 heteroatoms. The Morgan fingerprint density at radius 3 is 2.05 bits per heavy atom. The summed E-state index contributed by atoms with van der Waals surface area (Å²) >= 11 is 0. The van der Waals surface area contributed by atoms with Gasteiger partial charge in [0.25, 0.3) is 0 Å². The second kappa shape index (κ2) is 8.19. The summed E-state index contributed by atoms with van der Waals surface area (Å²) in [5.41, 5.74) is 0.0316. The van der Waals surface area contributed by atoms with Crippen molar-refractivity contribution in [3.63, 3.8) is 0 Å². The number of benzene rings is 2. The van der Waals surface area contributed by atoms with Crippen LogP contribution in [-0.4, -0.2) is 0 Å². The number of fused-ring (bicyclic) bond motifs is 1. The van der Waals surface area contributed by atoms with Gasteiger partial charge in [0.15, 0.2) is 17.5 Å². The van der Waals surface area contributed by atoms with Crippen LogP contribution in [0.15, 0.2) is 42.5 Å². The van der Waals surface area contributed by atoms with Crippen molar-refractivity contribution in [2.45, 2.75) is 0 Å². The van der Waals surface area contributed by atoms with Crippen molar-refractivity contribution in [1.29, 1.82) is 0 Å². The second-order valence-corrected chi connectivity index (χ2v) is 4.22. The van der Waals surface area contributed by atoms with Crippen LogP contribution in [-0.2, 0) is 26.2 Å². The number of halogens is 6. The molecule has 0 unspecified atom stereocenters. The molecule has 22 heavy (non-hydrogen) atoms. The third kappa shape index (κ3) is 3.58. The molecule has 0 spiro atoms. The summed E-state index contributed by atoms with van der Waals surface area (Å²) in [5.74, 6) is -6.37. The molecule has 0 N–H and O–H groups in total. The first kappa shape index (κ1) is 21.2. The molecule has 3 rings (SSSR count). The first-order chi connectivity index (χ1) is 9.08. The fourth-order valence-corrected chi connectivity index (χ4v) is 2.09. The van der Waals surface area contributed by atoms with E-state index < -0.39 is 23.3 Å². The summed E-state index contributed by atoms with van der Waals surface area (Å²) in [5, 5.41) is 1.64. The standard InChI is InChI=1S/C15H7F4.2ClH.Zr/c16-12-7-11(13(17)15(19)14(12)18)10-5-8-3-1-2-4-9(8)6-10;;;/h1-7H;2*1H;/q-1;;;+3/p-2. The molecule has 0 atom stereocenters. The van der Waals surface area contributed by atoms with Gasteiger partial charge in [0.1, 0.15) is 5.82 Å². The van der Waals surface area contributed by atoms with E-state index in [0.29, 0.717) is 11.6 Å². The van der Waals surface area contributed by atoms with Crippen LogP contribution in [0.4, 0.5) is 17.6 Å². The molecule has 3 aromatic carbocycles. The van der Waals surface area contributed by atoms with E-state index in [1.807, 2.05) is 0 Å². The number of hydrogen-bond donors (Lipinski definition) is 0. The quantitative estimate of drug-likeness (QED) is 0.199. The van der Waals surface area contributed by atoms with Crippen LogP contribution >= 0.6 is 0 Å². The van der Waals surface area contributed by atoms with Gasteiger partial charge in [-0.1, -0.05) is 18.2 Å². The summed E-state index contributed by atoms with van der Waals surface area (Å²) < 4.78 is 53.0. The van der Waals surface area contributed by atoms with Gasteiger partial charge in [-0.25, -0.2) is 17.6 Å². The molecule has 0 aliphatic carbocycles. The summed E-state index contributed by atoms with van der Waals surface area (Å²) in [7, 11) is 0. The molecule has 0 bridgehead atoms. The smallest absolute Gasteiger partial charge is 1.00 e. The van der Waals surface area contributed by atoms with E-state index in [0.717, 1.165) is 10.8 Å². The van der Waals surface area contributed by atoms with Crippen molar-refractivity contribution in [2.24, 2.45) is 0 Å².